The topological polar surface area (TPSA) is 56.3 Å². The van der Waals surface area contributed by atoms with E-state index in [4.69, 9.17) is 22.2 Å². The number of benzene rings is 2. The summed E-state index contributed by atoms with van der Waals surface area (Å²) >= 11 is 5.64. The van der Waals surface area contributed by atoms with E-state index in [0.717, 1.165) is 37.8 Å². The molecule has 0 spiro atoms. The molecule has 6 nitrogen and oxygen atoms in total. The smallest absolute Gasteiger partial charge is 0.232 e. The van der Waals surface area contributed by atoms with Crippen LogP contribution in [0.15, 0.2) is 60.7 Å². The predicted molar refractivity (Wildman–Crippen MR) is 143 cm³/mol. The number of aromatic nitrogens is 2. The maximum absolute atomic E-state index is 5.64. The van der Waals surface area contributed by atoms with Crippen molar-refractivity contribution in [1.82, 2.24) is 15.3 Å². The van der Waals surface area contributed by atoms with Crippen LogP contribution in [0.5, 0.6) is 0 Å². The van der Waals surface area contributed by atoms with Gasteiger partial charge in [0.05, 0.1) is 6.04 Å². The number of nitrogens with zero attached hydrogens (tertiary/aromatic N) is 4. The number of rotatable bonds is 5. The molecule has 0 bridgehead atoms. The predicted octanol–water partition coefficient (Wildman–Crippen LogP) is 5.28. The summed E-state index contributed by atoms with van der Waals surface area (Å²) in [7, 11) is 0. The van der Waals surface area contributed by atoms with E-state index in [0.29, 0.717) is 17.0 Å². The highest BCUT2D eigenvalue weighted by Crippen LogP contribution is 2.31. The van der Waals surface area contributed by atoms with Crippen LogP contribution in [0.25, 0.3) is 0 Å². The fourth-order valence-electron chi connectivity index (χ4n) is 4.85. The first-order chi connectivity index (χ1) is 16.5. The van der Waals surface area contributed by atoms with Crippen LogP contribution in [0.1, 0.15) is 49.4 Å². The van der Waals surface area contributed by atoms with E-state index in [-0.39, 0.29) is 6.04 Å². The van der Waals surface area contributed by atoms with Crippen molar-refractivity contribution in [2.24, 2.45) is 5.92 Å². The number of anilines is 3. The first-order valence-electron chi connectivity index (χ1n) is 12.1. The second kappa shape index (κ2) is 9.97. The van der Waals surface area contributed by atoms with Crippen molar-refractivity contribution in [2.75, 3.05) is 28.2 Å². The number of thiocarbonyl (C=S) groups is 1. The molecule has 0 radical (unpaired) electrons. The molecule has 5 rings (SSSR count). The molecular formula is C27H32N6S. The van der Waals surface area contributed by atoms with Gasteiger partial charge in [0.2, 0.25) is 5.95 Å². The third-order valence-corrected chi connectivity index (χ3v) is 6.94. The van der Waals surface area contributed by atoms with Gasteiger partial charge in [0, 0.05) is 32.2 Å². The van der Waals surface area contributed by atoms with E-state index in [9.17, 15) is 0 Å². The Balaban J connectivity index is 1.38. The van der Waals surface area contributed by atoms with Crippen molar-refractivity contribution in [3.05, 3.63) is 77.4 Å². The van der Waals surface area contributed by atoms with E-state index >= 15 is 0 Å². The molecule has 3 heterocycles. The van der Waals surface area contributed by atoms with Crippen molar-refractivity contribution in [1.29, 1.82) is 0 Å². The largest absolute Gasteiger partial charge is 0.356 e. The summed E-state index contributed by atoms with van der Waals surface area (Å²) in [6, 6.07) is 21.1. The second-order valence-corrected chi connectivity index (χ2v) is 9.87. The summed E-state index contributed by atoms with van der Waals surface area (Å²) in [5.41, 5.74) is 3.90. The van der Waals surface area contributed by atoms with Crippen LogP contribution < -0.4 is 20.4 Å². The lowest BCUT2D eigenvalue weighted by molar-refractivity contribution is 0.444. The maximum Gasteiger partial charge on any atom is 0.232 e. The van der Waals surface area contributed by atoms with Crippen molar-refractivity contribution < 1.29 is 0 Å². The average Bonchev–Trinajstić information content (AvgIpc) is 3.29. The van der Waals surface area contributed by atoms with Gasteiger partial charge in [-0.1, -0.05) is 61.5 Å². The molecule has 2 N–H and O–H groups in total. The summed E-state index contributed by atoms with van der Waals surface area (Å²) in [6.45, 7) is 8.17. The summed E-state index contributed by atoms with van der Waals surface area (Å²) in [6.07, 6.45) is 2.46. The summed E-state index contributed by atoms with van der Waals surface area (Å²) in [5.74, 6) is 3.10. The van der Waals surface area contributed by atoms with Crippen molar-refractivity contribution >= 4 is 34.9 Å². The van der Waals surface area contributed by atoms with E-state index in [1.807, 2.05) is 18.2 Å². The van der Waals surface area contributed by atoms with Gasteiger partial charge in [-0.05, 0) is 54.6 Å². The van der Waals surface area contributed by atoms with Crippen molar-refractivity contribution in [2.45, 2.75) is 45.8 Å². The Morgan fingerprint density at radius 2 is 1.62 bits per heavy atom. The molecule has 1 saturated heterocycles. The Bertz CT molecular complexity index is 1130. The van der Waals surface area contributed by atoms with Crippen LogP contribution in [0, 0.1) is 5.92 Å². The highest BCUT2D eigenvalue weighted by Gasteiger charge is 2.24. The van der Waals surface area contributed by atoms with Crippen LogP contribution in [-0.2, 0) is 13.1 Å². The monoisotopic (exact) mass is 472 g/mol. The Morgan fingerprint density at radius 3 is 2.29 bits per heavy atom. The van der Waals surface area contributed by atoms with E-state index in [1.54, 1.807) is 0 Å². The minimum absolute atomic E-state index is 0.0832. The lowest BCUT2D eigenvalue weighted by Gasteiger charge is -2.32. The molecule has 0 amide bonds. The molecule has 1 fully saturated rings. The first-order valence-corrected chi connectivity index (χ1v) is 12.5. The average molecular weight is 473 g/mol. The van der Waals surface area contributed by atoms with Crippen molar-refractivity contribution in [3.63, 3.8) is 0 Å². The highest BCUT2D eigenvalue weighted by molar-refractivity contribution is 7.80. The van der Waals surface area contributed by atoms with Gasteiger partial charge in [0.15, 0.2) is 5.11 Å². The molecule has 0 aliphatic carbocycles. The number of fused-ring (bicyclic) bond motifs is 1. The molecule has 1 aromatic heterocycles. The number of hydrogen-bond donors (Lipinski definition) is 2. The molecule has 34 heavy (non-hydrogen) atoms. The zero-order valence-corrected chi connectivity index (χ0v) is 20.7. The normalized spacial score (nSPS) is 18.4. The van der Waals surface area contributed by atoms with Crippen LogP contribution >= 0.6 is 12.2 Å². The third kappa shape index (κ3) is 5.14. The van der Waals surface area contributed by atoms with Gasteiger partial charge in [0.1, 0.15) is 11.6 Å². The summed E-state index contributed by atoms with van der Waals surface area (Å²) in [5, 5.41) is 7.15. The standard InChI is InChI=1S/C27H32N6S/c1-19-9-8-14-32(16-19)24-15-25(33-17-22-12-6-7-13-23(22)18-33)30-26(29-24)31-27(34)28-20(2)21-10-4-3-5-11-21/h3-7,10-13,15,19-20H,8-9,14,16-18H2,1-2H3,(H2,28,29,30,31,34)/t19-,20+/m1/s1. The highest BCUT2D eigenvalue weighted by atomic mass is 32.1. The Labute approximate surface area is 207 Å². The Kier molecular flexibility index (Phi) is 6.63. The van der Waals surface area contributed by atoms with Gasteiger partial charge in [-0.25, -0.2) is 0 Å². The molecule has 2 atom stereocenters. The minimum Gasteiger partial charge on any atom is -0.356 e. The van der Waals surface area contributed by atoms with Gasteiger partial charge >= 0.3 is 0 Å². The van der Waals surface area contributed by atoms with E-state index in [2.05, 4.69) is 76.7 Å². The van der Waals surface area contributed by atoms with Gasteiger partial charge in [0.25, 0.3) is 0 Å². The molecule has 3 aromatic rings. The third-order valence-electron chi connectivity index (χ3n) is 6.72. The lowest BCUT2D eigenvalue weighted by Crippen LogP contribution is -2.36. The molecule has 2 aromatic carbocycles. The summed E-state index contributed by atoms with van der Waals surface area (Å²) in [4.78, 5) is 14.5. The molecule has 2 aliphatic rings. The first kappa shape index (κ1) is 22.6. The Hall–Kier alpha value is -3.19. The zero-order valence-electron chi connectivity index (χ0n) is 19.9. The number of piperidine rings is 1. The maximum atomic E-state index is 5.64. The van der Waals surface area contributed by atoms with Crippen LogP contribution in [0.3, 0.4) is 0 Å². The molecule has 0 saturated carbocycles. The fraction of sp³-hybridized carbons (Fsp3) is 0.370. The molecular weight excluding hydrogens is 440 g/mol. The van der Waals surface area contributed by atoms with Crippen LogP contribution in [0.4, 0.5) is 17.6 Å². The van der Waals surface area contributed by atoms with E-state index in [1.165, 1.54) is 29.5 Å². The summed E-state index contributed by atoms with van der Waals surface area (Å²) < 4.78 is 0. The van der Waals surface area contributed by atoms with Gasteiger partial charge in [-0.15, -0.1) is 0 Å². The molecule has 0 unspecified atom stereocenters. The van der Waals surface area contributed by atoms with Gasteiger partial charge in [-0.2, -0.15) is 9.97 Å². The van der Waals surface area contributed by atoms with Crippen LogP contribution in [0.2, 0.25) is 0 Å². The number of hydrogen-bond acceptors (Lipinski definition) is 5. The van der Waals surface area contributed by atoms with E-state index < -0.39 is 0 Å². The molecule has 176 valence electrons. The van der Waals surface area contributed by atoms with Gasteiger partial charge in [-0.3, -0.25) is 0 Å². The second-order valence-electron chi connectivity index (χ2n) is 9.46. The lowest BCUT2D eigenvalue weighted by atomic mass is 10.0. The van der Waals surface area contributed by atoms with Gasteiger partial charge < -0.3 is 20.4 Å². The SMILES string of the molecule is C[C@@H]1CCCN(c2cc(N3Cc4ccccc4C3)nc(NC(=S)N[C@@H](C)c3ccccc3)n2)C1. The quantitative estimate of drug-likeness (QED) is 0.490. The zero-order chi connectivity index (χ0) is 23.5. The molecule has 2 aliphatic heterocycles. The van der Waals surface area contributed by atoms with Crippen LogP contribution in [-0.4, -0.2) is 28.2 Å². The Morgan fingerprint density at radius 1 is 0.971 bits per heavy atom. The van der Waals surface area contributed by atoms with Crippen molar-refractivity contribution in [3.8, 4) is 0 Å². The fourth-order valence-corrected chi connectivity index (χ4v) is 5.12. The minimum atomic E-state index is 0.0832. The molecule has 7 heteroatoms. The number of nitrogens with one attached hydrogen (secondary N) is 2.